The highest BCUT2D eigenvalue weighted by atomic mass is 32.2. The lowest BCUT2D eigenvalue weighted by Crippen LogP contribution is -2.11. The molecule has 2 heterocycles. The summed E-state index contributed by atoms with van der Waals surface area (Å²) in [4.78, 5) is 9.01. The molecule has 0 aliphatic rings. The molecule has 0 aliphatic carbocycles. The predicted molar refractivity (Wildman–Crippen MR) is 116 cm³/mol. The largest absolute Gasteiger partial charge is 0.286 e. The molecule has 0 fully saturated rings. The van der Waals surface area contributed by atoms with E-state index in [1.54, 1.807) is 0 Å². The molecule has 10 heteroatoms. The fraction of sp³-hybridized carbons (Fsp3) is 0.500. The molecule has 0 unspecified atom stereocenters. The lowest BCUT2D eigenvalue weighted by Gasteiger charge is -2.20. The predicted octanol–water partition coefficient (Wildman–Crippen LogP) is 3.02. The van der Waals surface area contributed by atoms with Gasteiger partial charge >= 0.3 is 0 Å². The minimum absolute atomic E-state index is 0.227. The Bertz CT molecular complexity index is 1060. The van der Waals surface area contributed by atoms with Gasteiger partial charge in [-0.2, -0.15) is 16.8 Å². The van der Waals surface area contributed by atoms with Gasteiger partial charge in [0.2, 0.25) is 0 Å². The minimum atomic E-state index is -4.07. The van der Waals surface area contributed by atoms with E-state index in [1.807, 2.05) is 39.8 Å². The normalized spacial score (nSPS) is 12.3. The molecule has 0 bridgehead atoms. The van der Waals surface area contributed by atoms with Crippen molar-refractivity contribution >= 4 is 20.2 Å². The van der Waals surface area contributed by atoms with Crippen molar-refractivity contribution in [2.24, 2.45) is 0 Å². The Hall–Kier alpha value is -1.88. The highest BCUT2D eigenvalue weighted by molar-refractivity contribution is 7.86. The molecule has 0 saturated carbocycles. The minimum Gasteiger partial charge on any atom is -0.286 e. The van der Waals surface area contributed by atoms with E-state index in [2.05, 4.69) is 9.97 Å². The molecule has 0 aliphatic heterocycles. The van der Waals surface area contributed by atoms with E-state index in [-0.39, 0.29) is 24.3 Å². The van der Waals surface area contributed by atoms with Gasteiger partial charge in [-0.1, -0.05) is 0 Å². The van der Waals surface area contributed by atoms with Crippen LogP contribution in [-0.2, 0) is 33.1 Å². The molecule has 8 nitrogen and oxygen atoms in total. The van der Waals surface area contributed by atoms with Crippen molar-refractivity contribution in [1.29, 1.82) is 0 Å². The van der Waals surface area contributed by atoms with Gasteiger partial charge in [-0.3, -0.25) is 19.1 Å². The summed E-state index contributed by atoms with van der Waals surface area (Å²) in [6, 6.07) is 3.86. The first-order valence-electron chi connectivity index (χ1n) is 9.62. The van der Waals surface area contributed by atoms with Gasteiger partial charge in [-0.25, -0.2) is 0 Å². The monoisotopic (exact) mass is 456 g/mol. The Morgan fingerprint density at radius 1 is 0.733 bits per heavy atom. The average molecular weight is 457 g/mol. The van der Waals surface area contributed by atoms with Crippen molar-refractivity contribution < 1.29 is 25.9 Å². The van der Waals surface area contributed by atoms with Crippen LogP contribution in [-0.4, -0.2) is 47.4 Å². The van der Waals surface area contributed by atoms with Crippen molar-refractivity contribution in [3.8, 4) is 11.1 Å². The zero-order chi connectivity index (χ0) is 22.7. The maximum Gasteiger partial charge on any atom is 0.264 e. The number of rotatable bonds is 9. The van der Waals surface area contributed by atoms with Gasteiger partial charge < -0.3 is 0 Å². The van der Waals surface area contributed by atoms with Crippen LogP contribution in [0, 0.1) is 27.7 Å². The topological polar surface area (TPSA) is 135 Å². The molecule has 30 heavy (non-hydrogen) atoms. The molecule has 0 saturated heterocycles. The van der Waals surface area contributed by atoms with Crippen LogP contribution in [0.25, 0.3) is 11.1 Å². The Kier molecular flexibility index (Phi) is 7.73. The first kappa shape index (κ1) is 24.4. The summed E-state index contributed by atoms with van der Waals surface area (Å²) in [5.74, 6) is -0.710. The second-order valence-electron chi connectivity index (χ2n) is 7.53. The lowest BCUT2D eigenvalue weighted by molar-refractivity contribution is 0.479. The highest BCUT2D eigenvalue weighted by Gasteiger charge is 2.19. The van der Waals surface area contributed by atoms with Gasteiger partial charge in [0.15, 0.2) is 0 Å². The zero-order valence-electron chi connectivity index (χ0n) is 17.6. The summed E-state index contributed by atoms with van der Waals surface area (Å²) < 4.78 is 62.8. The Balaban J connectivity index is 2.60. The number of nitrogens with zero attached hydrogens (tertiary/aromatic N) is 2. The second kappa shape index (κ2) is 9.51. The molecule has 0 radical (unpaired) electrons. The molecule has 2 rings (SSSR count). The number of pyridine rings is 2. The molecule has 166 valence electrons. The molecule has 0 atom stereocenters. The summed E-state index contributed by atoms with van der Waals surface area (Å²) in [6.07, 6.45) is 1.23. The lowest BCUT2D eigenvalue weighted by atomic mass is 9.88. The van der Waals surface area contributed by atoms with Gasteiger partial charge in [-0.05, 0) is 87.8 Å². The van der Waals surface area contributed by atoms with E-state index < -0.39 is 20.2 Å². The molecule has 2 aromatic heterocycles. The van der Waals surface area contributed by atoms with Crippen LogP contribution in [0.15, 0.2) is 12.1 Å². The number of aromatic nitrogens is 2. The highest BCUT2D eigenvalue weighted by Crippen LogP contribution is 2.34. The molecular weight excluding hydrogens is 428 g/mol. The summed E-state index contributed by atoms with van der Waals surface area (Å²) >= 11 is 0. The number of hydrogen-bond acceptors (Lipinski definition) is 6. The van der Waals surface area contributed by atoms with Crippen molar-refractivity contribution in [3.63, 3.8) is 0 Å². The maximum absolute atomic E-state index is 11.2. The van der Waals surface area contributed by atoms with Crippen LogP contribution in [0.1, 0.15) is 46.7 Å². The quantitative estimate of drug-likeness (QED) is 0.550. The van der Waals surface area contributed by atoms with E-state index in [1.165, 1.54) is 0 Å². The third-order valence-electron chi connectivity index (χ3n) is 4.84. The van der Waals surface area contributed by atoms with E-state index in [9.17, 15) is 16.8 Å². The molecule has 2 N–H and O–H groups in total. The van der Waals surface area contributed by atoms with E-state index >= 15 is 0 Å². The molecule has 2 aromatic rings. The van der Waals surface area contributed by atoms with Crippen LogP contribution in [0.5, 0.6) is 0 Å². The third kappa shape index (κ3) is 7.12. The Morgan fingerprint density at radius 3 is 1.50 bits per heavy atom. The maximum atomic E-state index is 11.2. The summed E-state index contributed by atoms with van der Waals surface area (Å²) in [5, 5.41) is 0. The van der Waals surface area contributed by atoms with Gasteiger partial charge in [-0.15, -0.1) is 0 Å². The van der Waals surface area contributed by atoms with Crippen LogP contribution in [0.3, 0.4) is 0 Å². The van der Waals surface area contributed by atoms with Crippen LogP contribution < -0.4 is 0 Å². The molecular formula is C20H28N2O6S2. The van der Waals surface area contributed by atoms with E-state index in [0.717, 1.165) is 45.0 Å². The van der Waals surface area contributed by atoms with Crippen LogP contribution >= 0.6 is 0 Å². The average Bonchev–Trinajstić information content (AvgIpc) is 2.55. The van der Waals surface area contributed by atoms with Gasteiger partial charge in [0.25, 0.3) is 20.2 Å². The van der Waals surface area contributed by atoms with Gasteiger partial charge in [0.05, 0.1) is 11.5 Å². The van der Waals surface area contributed by atoms with Gasteiger partial charge in [0.1, 0.15) is 0 Å². The van der Waals surface area contributed by atoms with Gasteiger partial charge in [0, 0.05) is 22.8 Å². The summed E-state index contributed by atoms with van der Waals surface area (Å²) in [6.45, 7) is 7.46. The van der Waals surface area contributed by atoms with Crippen LogP contribution in [0.4, 0.5) is 0 Å². The van der Waals surface area contributed by atoms with Crippen molar-refractivity contribution in [3.05, 3.63) is 46.0 Å². The van der Waals surface area contributed by atoms with Crippen molar-refractivity contribution in [2.45, 2.75) is 53.4 Å². The molecule has 0 aromatic carbocycles. The summed E-state index contributed by atoms with van der Waals surface area (Å²) in [5.41, 5.74) is 6.66. The zero-order valence-corrected chi connectivity index (χ0v) is 19.3. The third-order valence-corrected chi connectivity index (χ3v) is 6.45. The Labute approximate surface area is 178 Å². The Morgan fingerprint density at radius 2 is 1.13 bits per heavy atom. The van der Waals surface area contributed by atoms with Crippen LogP contribution in [0.2, 0.25) is 0 Å². The van der Waals surface area contributed by atoms with E-state index in [0.29, 0.717) is 12.8 Å². The fourth-order valence-corrected chi connectivity index (χ4v) is 4.75. The SMILES string of the molecule is Cc1cc(-c2c(CCCS(=O)(=O)O)c(C)nc(C)c2CCCS(=O)(=O)O)cc(C)n1. The first-order chi connectivity index (χ1) is 13.8. The molecule has 0 amide bonds. The standard InChI is InChI=1S/C20H28N2O6S2/c1-13-11-17(12-14(2)21-13)20-18(7-5-9-29(23,24)25)15(3)22-16(4)19(20)8-6-10-30(26,27)28/h11-12H,5-10H2,1-4H3,(H,23,24,25)(H,26,27,28). The second-order valence-corrected chi connectivity index (χ2v) is 10.7. The van der Waals surface area contributed by atoms with E-state index in [4.69, 9.17) is 9.11 Å². The number of aryl methyl sites for hydroxylation is 4. The smallest absolute Gasteiger partial charge is 0.264 e. The van der Waals surface area contributed by atoms with Crippen molar-refractivity contribution in [1.82, 2.24) is 9.97 Å². The number of hydrogen-bond donors (Lipinski definition) is 2. The first-order valence-corrected chi connectivity index (χ1v) is 12.8. The summed E-state index contributed by atoms with van der Waals surface area (Å²) in [7, 11) is -8.14. The molecule has 0 spiro atoms. The van der Waals surface area contributed by atoms with Crippen molar-refractivity contribution in [2.75, 3.05) is 11.5 Å². The fourth-order valence-electron chi connectivity index (χ4n) is 3.73.